The molecule has 0 amide bonds. The number of nitrogens with zero attached hydrogens (tertiary/aromatic N) is 2. The Morgan fingerprint density at radius 1 is 1.24 bits per heavy atom. The summed E-state index contributed by atoms with van der Waals surface area (Å²) in [6.45, 7) is 0. The number of thioether (sulfide) groups is 1. The third-order valence-electron chi connectivity index (χ3n) is 2.32. The Hall–Kier alpha value is -1.99. The van der Waals surface area contributed by atoms with E-state index in [0.717, 1.165) is 16.3 Å². The van der Waals surface area contributed by atoms with Crippen LogP contribution >= 0.6 is 11.8 Å². The molecule has 0 fully saturated rings. The lowest BCUT2D eigenvalue weighted by atomic mass is 10.2. The number of aromatic nitrogens is 1. The van der Waals surface area contributed by atoms with Crippen LogP contribution in [0.3, 0.4) is 0 Å². The van der Waals surface area contributed by atoms with E-state index in [0.29, 0.717) is 5.56 Å². The third-order valence-corrected chi connectivity index (χ3v) is 3.11. The summed E-state index contributed by atoms with van der Waals surface area (Å²) in [7, 11) is 0. The molecule has 0 spiro atoms. The lowest BCUT2D eigenvalue weighted by Gasteiger charge is -2.10. The van der Waals surface area contributed by atoms with Gasteiger partial charge in [-0.1, -0.05) is 12.1 Å². The molecule has 2 aromatic rings. The molecular weight excluding hydrogens is 230 g/mol. The van der Waals surface area contributed by atoms with E-state index in [1.54, 1.807) is 30.2 Å². The SMILES string of the molecule is CSc1ccccc1Nc1cnccc1C#N. The van der Waals surface area contributed by atoms with Crippen LogP contribution in [0.5, 0.6) is 0 Å². The van der Waals surface area contributed by atoms with Crippen molar-refractivity contribution in [1.82, 2.24) is 4.98 Å². The zero-order chi connectivity index (χ0) is 12.1. The molecule has 1 N–H and O–H groups in total. The van der Waals surface area contributed by atoms with Crippen LogP contribution in [0.25, 0.3) is 0 Å². The number of nitriles is 1. The van der Waals surface area contributed by atoms with E-state index < -0.39 is 0 Å². The van der Waals surface area contributed by atoms with Gasteiger partial charge in [0.15, 0.2) is 0 Å². The molecule has 0 aliphatic carbocycles. The van der Waals surface area contributed by atoms with Crippen molar-refractivity contribution < 1.29 is 0 Å². The molecule has 17 heavy (non-hydrogen) atoms. The topological polar surface area (TPSA) is 48.7 Å². The highest BCUT2D eigenvalue weighted by Gasteiger charge is 2.04. The fourth-order valence-electron chi connectivity index (χ4n) is 1.48. The van der Waals surface area contributed by atoms with Crippen molar-refractivity contribution >= 4 is 23.1 Å². The minimum absolute atomic E-state index is 0.593. The number of rotatable bonds is 3. The molecule has 1 aromatic heterocycles. The summed E-state index contributed by atoms with van der Waals surface area (Å²) in [6, 6.07) is 11.8. The standard InChI is InChI=1S/C13H11N3S/c1-17-13-5-3-2-4-11(13)16-12-9-15-7-6-10(12)8-14/h2-7,9,16H,1H3. The zero-order valence-corrected chi connectivity index (χ0v) is 10.2. The molecule has 3 nitrogen and oxygen atoms in total. The maximum atomic E-state index is 9.00. The highest BCUT2D eigenvalue weighted by Crippen LogP contribution is 2.28. The second-order valence-corrected chi connectivity index (χ2v) is 4.21. The van der Waals surface area contributed by atoms with Crippen LogP contribution in [0.2, 0.25) is 0 Å². The molecule has 0 aliphatic heterocycles. The Morgan fingerprint density at radius 3 is 2.82 bits per heavy atom. The number of hydrogen-bond acceptors (Lipinski definition) is 4. The summed E-state index contributed by atoms with van der Waals surface area (Å²) in [5.41, 5.74) is 2.32. The van der Waals surface area contributed by atoms with Crippen LogP contribution in [-0.4, -0.2) is 11.2 Å². The van der Waals surface area contributed by atoms with Gasteiger partial charge in [0.05, 0.1) is 23.1 Å². The lowest BCUT2D eigenvalue weighted by Crippen LogP contribution is -1.95. The Balaban J connectivity index is 2.35. The minimum Gasteiger partial charge on any atom is -0.352 e. The summed E-state index contributed by atoms with van der Waals surface area (Å²) < 4.78 is 0. The van der Waals surface area contributed by atoms with E-state index >= 15 is 0 Å². The fourth-order valence-corrected chi connectivity index (χ4v) is 2.04. The second-order valence-electron chi connectivity index (χ2n) is 3.36. The van der Waals surface area contributed by atoms with Gasteiger partial charge in [-0.3, -0.25) is 4.98 Å². The van der Waals surface area contributed by atoms with E-state index in [9.17, 15) is 0 Å². The number of para-hydroxylation sites is 1. The first-order valence-electron chi connectivity index (χ1n) is 5.09. The first kappa shape index (κ1) is 11.5. The Kier molecular flexibility index (Phi) is 3.63. The first-order chi connectivity index (χ1) is 8.35. The van der Waals surface area contributed by atoms with Crippen LogP contribution in [0.15, 0.2) is 47.6 Å². The Bertz CT molecular complexity index is 561. The van der Waals surface area contributed by atoms with Crippen molar-refractivity contribution in [2.24, 2.45) is 0 Å². The monoisotopic (exact) mass is 241 g/mol. The van der Waals surface area contributed by atoms with Gasteiger partial charge in [-0.05, 0) is 24.5 Å². The largest absolute Gasteiger partial charge is 0.352 e. The molecular formula is C13H11N3S. The minimum atomic E-state index is 0.593. The highest BCUT2D eigenvalue weighted by molar-refractivity contribution is 7.98. The predicted octanol–water partition coefficient (Wildman–Crippen LogP) is 3.42. The van der Waals surface area contributed by atoms with Crippen molar-refractivity contribution in [3.05, 3.63) is 48.3 Å². The van der Waals surface area contributed by atoms with Crippen molar-refractivity contribution in [3.8, 4) is 6.07 Å². The van der Waals surface area contributed by atoms with Crippen molar-refractivity contribution in [3.63, 3.8) is 0 Å². The Morgan fingerprint density at radius 2 is 2.06 bits per heavy atom. The third kappa shape index (κ3) is 2.58. The van der Waals surface area contributed by atoms with Gasteiger partial charge < -0.3 is 5.32 Å². The summed E-state index contributed by atoms with van der Waals surface area (Å²) in [5, 5.41) is 12.2. The van der Waals surface area contributed by atoms with Gasteiger partial charge in [0, 0.05) is 11.1 Å². The van der Waals surface area contributed by atoms with E-state index in [1.165, 1.54) is 0 Å². The normalized spacial score (nSPS) is 9.65. The van der Waals surface area contributed by atoms with Crippen molar-refractivity contribution in [2.75, 3.05) is 11.6 Å². The van der Waals surface area contributed by atoms with Crippen LogP contribution < -0.4 is 5.32 Å². The van der Waals surface area contributed by atoms with Crippen LogP contribution in [0.4, 0.5) is 11.4 Å². The Labute approximate surface area is 105 Å². The number of nitrogens with one attached hydrogen (secondary N) is 1. The van der Waals surface area contributed by atoms with Gasteiger partial charge in [0.2, 0.25) is 0 Å². The second kappa shape index (κ2) is 5.37. The molecule has 84 valence electrons. The van der Waals surface area contributed by atoms with E-state index in [-0.39, 0.29) is 0 Å². The van der Waals surface area contributed by atoms with Gasteiger partial charge >= 0.3 is 0 Å². The molecule has 0 saturated carbocycles. The summed E-state index contributed by atoms with van der Waals surface area (Å²) in [4.78, 5) is 5.16. The molecule has 1 aromatic carbocycles. The molecule has 1 heterocycles. The van der Waals surface area contributed by atoms with E-state index in [2.05, 4.69) is 16.4 Å². The maximum absolute atomic E-state index is 9.00. The average Bonchev–Trinajstić information content (AvgIpc) is 2.40. The van der Waals surface area contributed by atoms with Crippen LogP contribution in [-0.2, 0) is 0 Å². The zero-order valence-electron chi connectivity index (χ0n) is 9.34. The molecule has 0 saturated heterocycles. The number of hydrogen-bond donors (Lipinski definition) is 1. The van der Waals surface area contributed by atoms with Crippen molar-refractivity contribution in [2.45, 2.75) is 4.90 Å². The first-order valence-corrected chi connectivity index (χ1v) is 6.32. The molecule has 2 rings (SSSR count). The van der Waals surface area contributed by atoms with Gasteiger partial charge in [0.25, 0.3) is 0 Å². The number of pyridine rings is 1. The van der Waals surface area contributed by atoms with Gasteiger partial charge in [-0.2, -0.15) is 5.26 Å². The average molecular weight is 241 g/mol. The van der Waals surface area contributed by atoms with Gasteiger partial charge in [-0.15, -0.1) is 11.8 Å². The molecule has 4 heteroatoms. The summed E-state index contributed by atoms with van der Waals surface area (Å²) >= 11 is 1.66. The molecule has 0 unspecified atom stereocenters. The molecule has 0 bridgehead atoms. The van der Waals surface area contributed by atoms with E-state index in [1.807, 2.05) is 30.5 Å². The molecule has 0 aliphatic rings. The maximum Gasteiger partial charge on any atom is 0.101 e. The predicted molar refractivity (Wildman–Crippen MR) is 70.5 cm³/mol. The summed E-state index contributed by atoms with van der Waals surface area (Å²) in [5.74, 6) is 0. The number of benzene rings is 1. The van der Waals surface area contributed by atoms with E-state index in [4.69, 9.17) is 5.26 Å². The van der Waals surface area contributed by atoms with Crippen LogP contribution in [0, 0.1) is 11.3 Å². The quantitative estimate of drug-likeness (QED) is 0.836. The molecule has 0 radical (unpaired) electrons. The lowest BCUT2D eigenvalue weighted by molar-refractivity contribution is 1.29. The summed E-state index contributed by atoms with van der Waals surface area (Å²) in [6.07, 6.45) is 5.30. The fraction of sp³-hybridized carbons (Fsp3) is 0.0769. The van der Waals surface area contributed by atoms with Crippen LogP contribution in [0.1, 0.15) is 5.56 Å². The molecule has 0 atom stereocenters. The van der Waals surface area contributed by atoms with Gasteiger partial charge in [-0.25, -0.2) is 0 Å². The number of anilines is 2. The smallest absolute Gasteiger partial charge is 0.101 e. The van der Waals surface area contributed by atoms with Gasteiger partial charge in [0.1, 0.15) is 6.07 Å². The highest BCUT2D eigenvalue weighted by atomic mass is 32.2. The van der Waals surface area contributed by atoms with Crippen molar-refractivity contribution in [1.29, 1.82) is 5.26 Å².